The molecule has 5 saturated heterocycles. The van der Waals surface area contributed by atoms with Crippen LogP contribution in [-0.2, 0) is 19.1 Å². The van der Waals surface area contributed by atoms with E-state index in [4.69, 9.17) is 41.9 Å². The number of halogens is 6. The topological polar surface area (TPSA) is 322 Å². The monoisotopic (exact) mass is 1960 g/mol. The van der Waals surface area contributed by atoms with Crippen molar-refractivity contribution in [3.05, 3.63) is 232 Å². The third kappa shape index (κ3) is 21.7. The second-order valence-electron chi connectivity index (χ2n) is 41.1. The lowest BCUT2D eigenvalue weighted by Gasteiger charge is -2.47. The Hall–Kier alpha value is -13.9. The van der Waals surface area contributed by atoms with E-state index in [1.54, 1.807) is 123 Å². The Morgan fingerprint density at radius 3 is 1.04 bits per heavy atom. The fourth-order valence-corrected chi connectivity index (χ4v) is 19.2. The van der Waals surface area contributed by atoms with Crippen LogP contribution in [0.1, 0.15) is 236 Å². The molecule has 1 saturated carbocycles. The third-order valence-electron chi connectivity index (χ3n) is 27.3. The van der Waals surface area contributed by atoms with Gasteiger partial charge in [0.05, 0.1) is 39.4 Å². The number of carbonyl (C=O) groups is 8. The predicted molar refractivity (Wildman–Crippen MR) is 525 cm³/mol. The number of carbonyl (C=O) groups excluding carboxylic acids is 8. The van der Waals surface area contributed by atoms with Gasteiger partial charge in [0, 0.05) is 172 Å². The Balaban J connectivity index is 0.000000137. The van der Waals surface area contributed by atoms with Gasteiger partial charge < -0.3 is 71.2 Å². The fourth-order valence-electron chi connectivity index (χ4n) is 19.2. The number of piperazine rings is 4. The van der Waals surface area contributed by atoms with Gasteiger partial charge in [0.1, 0.15) is 69.7 Å². The highest BCUT2D eigenvalue weighted by Crippen LogP contribution is 2.50. The molecule has 0 radical (unpaired) electrons. The van der Waals surface area contributed by atoms with Crippen molar-refractivity contribution in [2.24, 2.45) is 11.8 Å². The van der Waals surface area contributed by atoms with Crippen LogP contribution in [0.25, 0.3) is 89.4 Å². The minimum atomic E-state index is -2.91. The maximum atomic E-state index is 13.6. The molecular formula is C109H119F6N13O15. The molecule has 13 aromatic rings. The van der Waals surface area contributed by atoms with Crippen molar-refractivity contribution in [3.8, 4) is 45.0 Å². The van der Waals surface area contributed by atoms with Crippen molar-refractivity contribution in [2.75, 3.05) is 85.1 Å². The number of benzene rings is 4. The van der Waals surface area contributed by atoms with Crippen molar-refractivity contribution in [2.45, 2.75) is 201 Å². The molecule has 1 N–H and O–H groups in total. The molecule has 28 nitrogen and oxygen atoms in total. The number of furan rings is 4. The van der Waals surface area contributed by atoms with E-state index in [1.165, 1.54) is 65.8 Å². The van der Waals surface area contributed by atoms with Crippen molar-refractivity contribution in [1.82, 2.24) is 64.3 Å². The Bertz CT molecular complexity index is 6760. The van der Waals surface area contributed by atoms with Gasteiger partial charge >= 0.3 is 0 Å². The summed E-state index contributed by atoms with van der Waals surface area (Å²) >= 11 is 0. The molecule has 143 heavy (non-hydrogen) atoms. The number of aliphatic hydroxyl groups is 1. The SMILES string of the molecule is CC(C)c1cc(-c2ccc(F)cc2)nc2cc(C(=O)N3CCN(C(=O)C4CC4(F)F)[C@@H](C)C3)oc12.CC(C)c1cc(-c2ccc(F)cc2)nc2cc(C(=O)N3CCN(C(=O)[C@H](O)C(C)C)CC3(C)C)oc12.CC(C)c1cc(-c2ccc(F)cc2)nc2cc(C(=O)N3CCN(C(=O)[C@H]4CCCO4)CC3(C)C)oc12.CC(C)c1cc(-c2ccc(F)cc2)nc2cc(C(=O)N3CCN(C(=O)c4ccon4)CC3(C)C)oc12. The quantitative estimate of drug-likeness (QED) is 0.0828. The number of nitrogens with zero attached hydrogens (tertiary/aromatic N) is 13. The van der Waals surface area contributed by atoms with Gasteiger partial charge in [0.15, 0.2) is 51.1 Å². The first kappa shape index (κ1) is 102. The average Bonchev–Trinajstić information content (AvgIpc) is 1.62. The number of hydrogen-bond donors (Lipinski definition) is 1. The largest absolute Gasteiger partial charge is 0.449 e. The maximum Gasteiger partial charge on any atom is 0.290 e. The average molecular weight is 1970 g/mol. The molecule has 6 fully saturated rings. The Morgan fingerprint density at radius 2 is 0.734 bits per heavy atom. The van der Waals surface area contributed by atoms with E-state index in [1.807, 2.05) is 112 Å². The van der Waals surface area contributed by atoms with Crippen LogP contribution >= 0.6 is 0 Å². The summed E-state index contributed by atoms with van der Waals surface area (Å²) in [6, 6.07) is 40.0. The minimum absolute atomic E-state index is 0.00973. The highest BCUT2D eigenvalue weighted by atomic mass is 19.3. The van der Waals surface area contributed by atoms with Crippen LogP contribution in [0.15, 0.2) is 180 Å². The van der Waals surface area contributed by atoms with Gasteiger partial charge in [-0.05, 0) is 212 Å². The third-order valence-corrected chi connectivity index (χ3v) is 27.3. The number of hydrogen-bond acceptors (Lipinski definition) is 20. The Kier molecular flexibility index (Phi) is 29.1. The van der Waals surface area contributed by atoms with Crippen LogP contribution in [0, 0.1) is 35.1 Å². The van der Waals surface area contributed by atoms with E-state index >= 15 is 0 Å². The number of aromatic nitrogens is 5. The first-order chi connectivity index (χ1) is 67.7. The molecule has 1 aliphatic carbocycles. The number of fused-ring (bicyclic) bond motifs is 4. The summed E-state index contributed by atoms with van der Waals surface area (Å²) in [5.41, 5.74) is 12.3. The van der Waals surface area contributed by atoms with Gasteiger partial charge in [-0.15, -0.1) is 0 Å². The van der Waals surface area contributed by atoms with Gasteiger partial charge in [0.2, 0.25) is 5.91 Å². The molecule has 9 aromatic heterocycles. The number of aliphatic hydroxyl groups excluding tert-OH is 1. The standard InChI is InChI=1S/C28H32FN3O4.C28H34FN3O4.C27H27FN4O4.C26H26F3N3O3/c1-17(2)20-14-21(18-7-9-19(29)10-8-18)30-22-15-24(36-25(20)22)27(34)32-12-11-31(16-28(32,3)4)26(33)23-6-5-13-35-23;1-16(2)20-13-21(18-7-9-19(29)10-8-18)30-22-14-23(36-25(20)22)26(34)32-12-11-31(15-28(32,5)6)27(35)24(33)17(3)4;1-16(2)19-13-21(17-5-7-18(28)8-6-17)29-22-14-23(36-24(19)22)26(34)32-11-10-31(15-27(32,3)4)25(33)20-9-12-35-30-20;1-14(2)18-10-20(16-4-6-17(27)7-5-16)30-21-11-22(35-23(18)21)25(34)31-8-9-32(15(3)13-31)24(33)19-12-26(19,28)29/h7-10,14-15,17,23H,5-6,11-13,16H2,1-4H3;7-10,13-14,16-17,24,33H,11-12,15H2,1-6H3;5-9,12-14,16H,10-11,15H2,1-4H3;4-7,10-11,14-15,19H,8-9,12-13H2,1-3H3/t23-;24-;;15-,19?/m11.0/s1. The molecule has 1 unspecified atom stereocenters. The Morgan fingerprint density at radius 1 is 0.406 bits per heavy atom. The summed E-state index contributed by atoms with van der Waals surface area (Å²) in [5, 5.41) is 14.0. The summed E-state index contributed by atoms with van der Waals surface area (Å²) in [4.78, 5) is 137. The molecule has 14 heterocycles. The van der Waals surface area contributed by atoms with Crippen LogP contribution in [-0.4, -0.2) is 243 Å². The van der Waals surface area contributed by atoms with E-state index in [0.29, 0.717) is 133 Å². The van der Waals surface area contributed by atoms with Crippen LogP contribution in [0.2, 0.25) is 0 Å². The number of amides is 8. The second kappa shape index (κ2) is 40.8. The van der Waals surface area contributed by atoms with Crippen molar-refractivity contribution < 1.29 is 96.7 Å². The van der Waals surface area contributed by atoms with Gasteiger partial charge in [-0.2, -0.15) is 0 Å². The molecule has 752 valence electrons. The summed E-state index contributed by atoms with van der Waals surface area (Å²) in [5.74, 6) is -6.58. The number of alkyl halides is 2. The molecule has 34 heteroatoms. The zero-order valence-electron chi connectivity index (χ0n) is 83.3. The molecule has 4 atom stereocenters. The molecule has 19 rings (SSSR count). The van der Waals surface area contributed by atoms with Crippen molar-refractivity contribution in [1.29, 1.82) is 0 Å². The molecule has 4 aromatic carbocycles. The van der Waals surface area contributed by atoms with Crippen LogP contribution in [0.4, 0.5) is 26.3 Å². The summed E-state index contributed by atoms with van der Waals surface area (Å²) in [7, 11) is 0. The zero-order chi connectivity index (χ0) is 103. The lowest BCUT2D eigenvalue weighted by molar-refractivity contribution is -0.146. The minimum Gasteiger partial charge on any atom is -0.449 e. The van der Waals surface area contributed by atoms with Gasteiger partial charge in [-0.1, -0.05) is 74.4 Å². The van der Waals surface area contributed by atoms with E-state index in [9.17, 15) is 69.8 Å². The van der Waals surface area contributed by atoms with Crippen LogP contribution in [0.3, 0.4) is 0 Å². The highest BCUT2D eigenvalue weighted by Gasteiger charge is 2.63. The molecule has 0 spiro atoms. The van der Waals surface area contributed by atoms with Gasteiger partial charge in [0.25, 0.3) is 47.3 Å². The number of rotatable bonds is 17. The first-order valence-corrected chi connectivity index (χ1v) is 48.5. The van der Waals surface area contributed by atoms with Crippen LogP contribution in [0.5, 0.6) is 0 Å². The second-order valence-corrected chi connectivity index (χ2v) is 41.1. The lowest BCUT2D eigenvalue weighted by atomic mass is 9.96. The highest BCUT2D eigenvalue weighted by molar-refractivity contribution is 6.01. The fraction of sp³-hybridized carbons (Fsp3) is 0.422. The van der Waals surface area contributed by atoms with Crippen LogP contribution < -0.4 is 0 Å². The van der Waals surface area contributed by atoms with Gasteiger partial charge in [-0.25, -0.2) is 46.3 Å². The molecule has 6 aliphatic rings. The normalized spacial score (nSPS) is 18.4. The predicted octanol–water partition coefficient (Wildman–Crippen LogP) is 20.0. The maximum absolute atomic E-state index is 13.6. The lowest BCUT2D eigenvalue weighted by Crippen LogP contribution is -2.63. The van der Waals surface area contributed by atoms with E-state index in [2.05, 4.69) is 24.0 Å². The molecule has 8 amide bonds. The first-order valence-electron chi connectivity index (χ1n) is 48.5. The smallest absolute Gasteiger partial charge is 0.290 e. The Labute approximate surface area is 824 Å². The number of pyridine rings is 4. The van der Waals surface area contributed by atoms with Crippen molar-refractivity contribution in [3.63, 3.8) is 0 Å². The van der Waals surface area contributed by atoms with E-state index < -0.39 is 46.9 Å². The molecule has 0 bridgehead atoms. The number of ether oxygens (including phenoxy) is 1. The molecular weight excluding hydrogens is 1850 g/mol. The van der Waals surface area contributed by atoms with Gasteiger partial charge in [-0.3, -0.25) is 38.4 Å². The zero-order valence-corrected chi connectivity index (χ0v) is 83.3. The molecule has 5 aliphatic heterocycles. The summed E-state index contributed by atoms with van der Waals surface area (Å²) in [6.07, 6.45) is 1.19. The van der Waals surface area contributed by atoms with Crippen molar-refractivity contribution >= 4 is 91.7 Å². The van der Waals surface area contributed by atoms with E-state index in [-0.39, 0.29) is 155 Å². The van der Waals surface area contributed by atoms with E-state index in [0.717, 1.165) is 57.3 Å². The summed E-state index contributed by atoms with van der Waals surface area (Å²) in [6.45, 7) is 37.8. The summed E-state index contributed by atoms with van der Waals surface area (Å²) < 4.78 is 115.